The second-order valence-electron chi connectivity index (χ2n) is 7.20. The molecule has 4 rings (SSSR count). The smallest absolute Gasteiger partial charge is 0.287 e. The van der Waals surface area contributed by atoms with Crippen molar-refractivity contribution in [2.24, 2.45) is 5.10 Å². The lowest BCUT2D eigenvalue weighted by Crippen LogP contribution is -2.23. The van der Waals surface area contributed by atoms with Crippen molar-refractivity contribution in [3.8, 4) is 5.75 Å². The normalized spacial score (nSPS) is 14.2. The number of benzene rings is 1. The van der Waals surface area contributed by atoms with E-state index in [1.807, 2.05) is 6.92 Å². The summed E-state index contributed by atoms with van der Waals surface area (Å²) in [6.45, 7) is 2.10. The number of nitrogens with one attached hydrogen (secondary N) is 2. The van der Waals surface area contributed by atoms with Crippen LogP contribution in [0.5, 0.6) is 5.75 Å². The molecular formula is C23H23N3O5. The molecule has 1 aliphatic carbocycles. The molecule has 2 aromatic heterocycles. The van der Waals surface area contributed by atoms with Gasteiger partial charge in [0, 0.05) is 23.1 Å². The van der Waals surface area contributed by atoms with E-state index >= 15 is 0 Å². The molecule has 8 heteroatoms. The number of amides is 2. The third kappa shape index (κ3) is 4.37. The van der Waals surface area contributed by atoms with Gasteiger partial charge < -0.3 is 18.9 Å². The zero-order valence-corrected chi connectivity index (χ0v) is 17.4. The molecule has 8 nitrogen and oxygen atoms in total. The average molecular weight is 421 g/mol. The summed E-state index contributed by atoms with van der Waals surface area (Å²) in [5.41, 5.74) is 5.30. The fourth-order valence-corrected chi connectivity index (χ4v) is 3.58. The van der Waals surface area contributed by atoms with Crippen molar-refractivity contribution in [2.75, 3.05) is 7.11 Å². The van der Waals surface area contributed by atoms with Crippen molar-refractivity contribution in [3.63, 3.8) is 0 Å². The summed E-state index contributed by atoms with van der Waals surface area (Å²) in [5, 5.41) is 7.14. The Morgan fingerprint density at radius 2 is 1.94 bits per heavy atom. The molecule has 2 heterocycles. The van der Waals surface area contributed by atoms with Crippen LogP contribution in [0.3, 0.4) is 0 Å². The van der Waals surface area contributed by atoms with E-state index in [2.05, 4.69) is 15.8 Å². The molecule has 1 aliphatic rings. The lowest BCUT2D eigenvalue weighted by Gasteiger charge is -2.13. The summed E-state index contributed by atoms with van der Waals surface area (Å²) in [6.07, 6.45) is 3.78. The molecule has 0 bridgehead atoms. The van der Waals surface area contributed by atoms with Crippen LogP contribution in [0.2, 0.25) is 0 Å². The monoisotopic (exact) mass is 421 g/mol. The molecule has 0 saturated heterocycles. The van der Waals surface area contributed by atoms with Crippen LogP contribution in [-0.2, 0) is 13.0 Å². The Hall–Kier alpha value is -3.81. The minimum absolute atomic E-state index is 0.257. The van der Waals surface area contributed by atoms with Crippen LogP contribution >= 0.6 is 0 Å². The highest BCUT2D eigenvalue weighted by Crippen LogP contribution is 2.30. The van der Waals surface area contributed by atoms with Crippen LogP contribution in [0.1, 0.15) is 56.4 Å². The largest absolute Gasteiger partial charge is 0.497 e. The topological polar surface area (TPSA) is 106 Å². The molecule has 1 aromatic carbocycles. The highest BCUT2D eigenvalue weighted by molar-refractivity contribution is 6.07. The Labute approximate surface area is 179 Å². The number of hydrazone groups is 1. The fourth-order valence-electron chi connectivity index (χ4n) is 3.58. The lowest BCUT2D eigenvalue weighted by molar-refractivity contribution is 0.0916. The van der Waals surface area contributed by atoms with E-state index in [-0.39, 0.29) is 24.1 Å². The van der Waals surface area contributed by atoms with E-state index in [9.17, 15) is 9.59 Å². The maximum absolute atomic E-state index is 12.6. The van der Waals surface area contributed by atoms with Crippen molar-refractivity contribution >= 4 is 17.5 Å². The minimum atomic E-state index is -0.320. The number of hydrogen-bond acceptors (Lipinski definition) is 6. The number of carbonyl (C=O) groups is 2. The Morgan fingerprint density at radius 3 is 2.65 bits per heavy atom. The Balaban J connectivity index is 1.50. The number of ether oxygens (including phenoxy) is 1. The van der Waals surface area contributed by atoms with Crippen molar-refractivity contribution in [3.05, 3.63) is 76.6 Å². The first kappa shape index (κ1) is 20.5. The van der Waals surface area contributed by atoms with Crippen molar-refractivity contribution in [1.82, 2.24) is 10.7 Å². The molecule has 2 N–H and O–H groups in total. The molecule has 31 heavy (non-hydrogen) atoms. The number of fused-ring (bicyclic) bond motifs is 1. The molecule has 0 unspecified atom stereocenters. The third-order valence-electron chi connectivity index (χ3n) is 5.18. The van der Waals surface area contributed by atoms with Crippen LogP contribution < -0.4 is 15.5 Å². The molecule has 3 aromatic rings. The Kier molecular flexibility index (Phi) is 5.88. The number of methoxy groups -OCH3 is 1. The molecule has 0 fully saturated rings. The van der Waals surface area contributed by atoms with E-state index in [4.69, 9.17) is 13.6 Å². The van der Waals surface area contributed by atoms with Gasteiger partial charge in [-0.3, -0.25) is 9.59 Å². The van der Waals surface area contributed by atoms with Crippen molar-refractivity contribution in [2.45, 2.75) is 32.7 Å². The van der Waals surface area contributed by atoms with Crippen LogP contribution in [0.25, 0.3) is 0 Å². The van der Waals surface area contributed by atoms with Crippen LogP contribution in [0.15, 0.2) is 56.6 Å². The van der Waals surface area contributed by atoms with Gasteiger partial charge in [-0.15, -0.1) is 0 Å². The Bertz CT molecular complexity index is 1110. The molecule has 0 aliphatic heterocycles. The highest BCUT2D eigenvalue weighted by atomic mass is 16.5. The molecule has 0 saturated carbocycles. The Morgan fingerprint density at radius 1 is 1.13 bits per heavy atom. The maximum Gasteiger partial charge on any atom is 0.287 e. The van der Waals surface area contributed by atoms with Gasteiger partial charge in [0.15, 0.2) is 5.76 Å². The first-order valence-electron chi connectivity index (χ1n) is 10.0. The molecule has 0 radical (unpaired) electrons. The third-order valence-corrected chi connectivity index (χ3v) is 5.18. The number of hydrogen-bond donors (Lipinski definition) is 2. The maximum atomic E-state index is 12.6. The molecule has 0 atom stereocenters. The van der Waals surface area contributed by atoms with Gasteiger partial charge in [-0.2, -0.15) is 5.10 Å². The predicted octanol–water partition coefficient (Wildman–Crippen LogP) is 3.59. The summed E-state index contributed by atoms with van der Waals surface area (Å²) < 4.78 is 16.2. The fraction of sp³-hybridized carbons (Fsp3) is 0.261. The van der Waals surface area contributed by atoms with Crippen molar-refractivity contribution in [1.29, 1.82) is 0 Å². The van der Waals surface area contributed by atoms with Gasteiger partial charge >= 0.3 is 0 Å². The number of aryl methyl sites for hydroxylation is 1. The van der Waals surface area contributed by atoms with E-state index in [1.165, 1.54) is 0 Å². The van der Waals surface area contributed by atoms with Gasteiger partial charge in [0.1, 0.15) is 17.3 Å². The average Bonchev–Trinajstić information content (AvgIpc) is 3.44. The molecule has 0 spiro atoms. The summed E-state index contributed by atoms with van der Waals surface area (Å²) in [4.78, 5) is 25.1. The van der Waals surface area contributed by atoms with Crippen LogP contribution in [-0.4, -0.2) is 24.6 Å². The van der Waals surface area contributed by atoms with Gasteiger partial charge in [-0.25, -0.2) is 5.43 Å². The molecule has 2 amide bonds. The van der Waals surface area contributed by atoms with E-state index in [0.717, 1.165) is 12.0 Å². The zero-order valence-electron chi connectivity index (χ0n) is 17.4. The second-order valence-corrected chi connectivity index (χ2v) is 7.20. The number of rotatable bonds is 6. The van der Waals surface area contributed by atoms with E-state index in [0.29, 0.717) is 47.0 Å². The van der Waals surface area contributed by atoms with Gasteiger partial charge in [0.25, 0.3) is 11.8 Å². The number of furan rings is 2. The summed E-state index contributed by atoms with van der Waals surface area (Å²) in [6, 6.07) is 10.3. The molecular weight excluding hydrogens is 398 g/mol. The van der Waals surface area contributed by atoms with Crippen LogP contribution in [0, 0.1) is 6.92 Å². The van der Waals surface area contributed by atoms with Gasteiger partial charge in [0.05, 0.1) is 25.6 Å². The zero-order chi connectivity index (χ0) is 21.8. The van der Waals surface area contributed by atoms with Gasteiger partial charge in [-0.05, 0) is 56.2 Å². The summed E-state index contributed by atoms with van der Waals surface area (Å²) in [7, 11) is 1.57. The predicted molar refractivity (Wildman–Crippen MR) is 113 cm³/mol. The summed E-state index contributed by atoms with van der Waals surface area (Å²) in [5.74, 6) is 1.67. The lowest BCUT2D eigenvalue weighted by atomic mass is 9.93. The van der Waals surface area contributed by atoms with Gasteiger partial charge in [-0.1, -0.05) is 0 Å². The molecule has 160 valence electrons. The second kappa shape index (κ2) is 8.91. The minimum Gasteiger partial charge on any atom is -0.497 e. The highest BCUT2D eigenvalue weighted by Gasteiger charge is 2.28. The quantitative estimate of drug-likeness (QED) is 0.592. The van der Waals surface area contributed by atoms with Crippen molar-refractivity contribution < 1.29 is 23.2 Å². The van der Waals surface area contributed by atoms with E-state index in [1.54, 1.807) is 49.8 Å². The van der Waals surface area contributed by atoms with Gasteiger partial charge in [0.2, 0.25) is 0 Å². The first-order chi connectivity index (χ1) is 15.1. The van der Waals surface area contributed by atoms with E-state index < -0.39 is 0 Å². The standard InChI is InChI=1S/C23H23N3O5/c1-14-20-18(25-26-22(27)15-8-10-16(29-2)11-9-15)6-3-7-19(20)31-21(14)23(28)24-13-17-5-4-12-30-17/h4-5,8-12H,3,6-7,13H2,1-2H3,(H,24,28)(H,26,27)/b25-18+. The number of nitrogens with zero attached hydrogens (tertiary/aromatic N) is 1. The number of carbonyl (C=O) groups excluding carboxylic acids is 2. The van der Waals surface area contributed by atoms with Crippen LogP contribution in [0.4, 0.5) is 0 Å². The first-order valence-corrected chi connectivity index (χ1v) is 10.0. The summed E-state index contributed by atoms with van der Waals surface area (Å²) >= 11 is 0. The SMILES string of the molecule is COc1ccc(C(=O)N/N=C2\CCCc3oc(C(=O)NCc4ccco4)c(C)c32)cc1.